The molecule has 0 bridgehead atoms. The molecule has 200 valence electrons. The van der Waals surface area contributed by atoms with Gasteiger partial charge in [-0.05, 0) is 42.3 Å². The van der Waals surface area contributed by atoms with Crippen molar-refractivity contribution in [2.45, 2.75) is 43.4 Å². The molecule has 0 radical (unpaired) electrons. The van der Waals surface area contributed by atoms with Crippen LogP contribution in [0.4, 0.5) is 11.4 Å². The topological polar surface area (TPSA) is 119 Å². The Kier molecular flexibility index (Phi) is 9.17. The highest BCUT2D eigenvalue weighted by Gasteiger charge is 2.59. The number of nitrogens with zero attached hydrogens (tertiary/aromatic N) is 2. The van der Waals surface area contributed by atoms with Crippen molar-refractivity contribution < 1.29 is 29.1 Å². The minimum atomic E-state index is -1.72. The molecule has 37 heavy (non-hydrogen) atoms. The number of carbonyl (C=O) groups is 2. The van der Waals surface area contributed by atoms with Crippen LogP contribution in [0.25, 0.3) is 0 Å². The number of aliphatic hydroxyl groups excluding tert-OH is 1. The van der Waals surface area contributed by atoms with Gasteiger partial charge in [-0.1, -0.05) is 53.2 Å². The maximum atomic E-state index is 14.3. The minimum absolute atomic E-state index is 0.00530. The Morgan fingerprint density at radius 1 is 1.27 bits per heavy atom. The van der Waals surface area contributed by atoms with Crippen LogP contribution in [0.1, 0.15) is 23.5 Å². The highest BCUT2D eigenvalue weighted by atomic mass is 79.9. The van der Waals surface area contributed by atoms with Crippen LogP contribution in [0.5, 0.6) is 0 Å². The molecular weight excluding hydrogens is 584 g/mol. The smallest absolute Gasteiger partial charge is 0.314 e. The first-order chi connectivity index (χ1) is 17.4. The summed E-state index contributed by atoms with van der Waals surface area (Å²) in [6, 6.07) is 9.97. The van der Waals surface area contributed by atoms with E-state index in [0.717, 1.165) is 13.2 Å². The van der Waals surface area contributed by atoms with Crippen LogP contribution in [0.3, 0.4) is 0 Å². The van der Waals surface area contributed by atoms with Crippen LogP contribution in [0.15, 0.2) is 40.9 Å². The molecule has 1 aliphatic heterocycles. The van der Waals surface area contributed by atoms with E-state index in [1.807, 2.05) is 0 Å². The third-order valence-corrected chi connectivity index (χ3v) is 8.94. The van der Waals surface area contributed by atoms with Crippen LogP contribution >= 0.6 is 27.5 Å². The SMILES string of the molecule is COC(=O)C(c1ccc(Br)cc1[N+](=O)[O-])C1(CCO)C(=O)N(COCC[Si](C)(C)C)c2ccc(Cl)cc21. The van der Waals surface area contributed by atoms with Gasteiger partial charge in [0.1, 0.15) is 12.6 Å². The second-order valence-electron chi connectivity index (χ2n) is 10.1. The van der Waals surface area contributed by atoms with Gasteiger partial charge >= 0.3 is 5.97 Å². The van der Waals surface area contributed by atoms with E-state index in [0.29, 0.717) is 27.4 Å². The number of halogens is 2. The van der Waals surface area contributed by atoms with Gasteiger partial charge in [0.15, 0.2) is 0 Å². The molecule has 1 aliphatic rings. The first-order valence-electron chi connectivity index (χ1n) is 11.7. The standard InChI is InChI=1S/C25H30BrClN2O7Si/c1-35-23(31)22(18-7-5-16(26)13-21(18)29(33)34)25(9-10-30)19-14-17(27)6-8-20(19)28(24(25)32)15-36-11-12-37(2,3)4/h5-8,13-14,22,30H,9-12,15H2,1-4H3. The second kappa shape index (κ2) is 11.6. The van der Waals surface area contributed by atoms with Gasteiger partial charge < -0.3 is 14.6 Å². The molecule has 2 aromatic rings. The Bertz CT molecular complexity index is 1210. The van der Waals surface area contributed by atoms with Crippen molar-refractivity contribution >= 4 is 58.9 Å². The number of rotatable bonds is 11. The van der Waals surface area contributed by atoms with Crippen LogP contribution in [-0.4, -0.2) is 57.0 Å². The highest BCUT2D eigenvalue weighted by molar-refractivity contribution is 9.10. The summed E-state index contributed by atoms with van der Waals surface area (Å²) in [5.41, 5.74) is -1.24. The molecule has 0 fully saturated rings. The number of esters is 1. The zero-order chi connectivity index (χ0) is 27.5. The van der Waals surface area contributed by atoms with E-state index in [4.69, 9.17) is 21.1 Å². The lowest BCUT2D eigenvalue weighted by Gasteiger charge is -2.35. The summed E-state index contributed by atoms with van der Waals surface area (Å²) in [6.45, 7) is 6.54. The molecule has 3 rings (SSSR count). The quantitative estimate of drug-likeness (QED) is 0.121. The van der Waals surface area contributed by atoms with Crippen molar-refractivity contribution in [1.82, 2.24) is 0 Å². The Hall–Kier alpha value is -2.31. The molecule has 0 saturated carbocycles. The monoisotopic (exact) mass is 612 g/mol. The average Bonchev–Trinajstić information content (AvgIpc) is 3.04. The first-order valence-corrected chi connectivity index (χ1v) is 16.6. The van der Waals surface area contributed by atoms with Gasteiger partial charge in [0.2, 0.25) is 5.91 Å². The van der Waals surface area contributed by atoms with Crippen molar-refractivity contribution in [1.29, 1.82) is 0 Å². The van der Waals surface area contributed by atoms with Crippen molar-refractivity contribution in [2.75, 3.05) is 32.0 Å². The predicted octanol–water partition coefficient (Wildman–Crippen LogP) is 5.25. The van der Waals surface area contributed by atoms with Gasteiger partial charge in [-0.15, -0.1) is 0 Å². The number of methoxy groups -OCH3 is 1. The van der Waals surface area contributed by atoms with Crippen LogP contribution in [-0.2, 0) is 24.5 Å². The van der Waals surface area contributed by atoms with Crippen molar-refractivity contribution in [2.24, 2.45) is 0 Å². The Morgan fingerprint density at radius 3 is 2.57 bits per heavy atom. The van der Waals surface area contributed by atoms with E-state index >= 15 is 0 Å². The number of fused-ring (bicyclic) bond motifs is 1. The maximum absolute atomic E-state index is 14.3. The molecule has 1 heterocycles. The fraction of sp³-hybridized carbons (Fsp3) is 0.440. The fourth-order valence-electron chi connectivity index (χ4n) is 4.70. The van der Waals surface area contributed by atoms with Gasteiger partial charge in [0, 0.05) is 42.4 Å². The number of hydrogen-bond acceptors (Lipinski definition) is 7. The number of benzene rings is 2. The molecule has 0 saturated heterocycles. The summed E-state index contributed by atoms with van der Waals surface area (Å²) in [5, 5.41) is 22.5. The molecule has 1 N–H and O–H groups in total. The summed E-state index contributed by atoms with van der Waals surface area (Å²) in [4.78, 5) is 40.5. The summed E-state index contributed by atoms with van der Waals surface area (Å²) in [6.07, 6.45) is -0.197. The molecule has 0 aromatic heterocycles. The molecule has 2 aromatic carbocycles. The molecule has 0 aliphatic carbocycles. The zero-order valence-corrected chi connectivity index (χ0v) is 24.5. The first kappa shape index (κ1) is 29.2. The molecule has 2 unspecified atom stereocenters. The number of nitro benzene ring substituents is 1. The summed E-state index contributed by atoms with van der Waals surface area (Å²) in [7, 11) is -0.228. The number of carbonyl (C=O) groups excluding carboxylic acids is 2. The van der Waals surface area contributed by atoms with E-state index in [9.17, 15) is 24.8 Å². The van der Waals surface area contributed by atoms with Gasteiger partial charge in [0.05, 0.1) is 23.1 Å². The lowest BCUT2D eigenvalue weighted by molar-refractivity contribution is -0.385. The van der Waals surface area contributed by atoms with Gasteiger partial charge in [-0.2, -0.15) is 0 Å². The van der Waals surface area contributed by atoms with Gasteiger partial charge in [-0.3, -0.25) is 24.6 Å². The number of aliphatic hydroxyl groups is 1. The number of amides is 1. The number of anilines is 1. The maximum Gasteiger partial charge on any atom is 0.314 e. The minimum Gasteiger partial charge on any atom is -0.469 e. The Labute approximate surface area is 230 Å². The molecule has 0 spiro atoms. The number of ether oxygens (including phenoxy) is 2. The van der Waals surface area contributed by atoms with Crippen molar-refractivity contribution in [3.63, 3.8) is 0 Å². The lowest BCUT2D eigenvalue weighted by atomic mass is 9.66. The van der Waals surface area contributed by atoms with Gasteiger partial charge in [-0.25, -0.2) is 0 Å². The van der Waals surface area contributed by atoms with E-state index in [1.165, 1.54) is 17.0 Å². The highest BCUT2D eigenvalue weighted by Crippen LogP contribution is 2.54. The molecular formula is C25H30BrClN2O7Si. The number of nitro groups is 1. The summed E-state index contributed by atoms with van der Waals surface area (Å²) >= 11 is 9.57. The third-order valence-electron chi connectivity index (χ3n) is 6.51. The Morgan fingerprint density at radius 2 is 1.97 bits per heavy atom. The fourth-order valence-corrected chi connectivity index (χ4v) is 5.98. The van der Waals surface area contributed by atoms with E-state index in [-0.39, 0.29) is 24.4 Å². The van der Waals surface area contributed by atoms with E-state index in [1.54, 1.807) is 24.3 Å². The summed E-state index contributed by atoms with van der Waals surface area (Å²) in [5.74, 6) is -2.81. The van der Waals surface area contributed by atoms with Crippen LogP contribution in [0, 0.1) is 10.1 Å². The normalized spacial score (nSPS) is 18.0. The van der Waals surface area contributed by atoms with E-state index in [2.05, 4.69) is 35.6 Å². The Balaban J connectivity index is 2.22. The molecule has 12 heteroatoms. The van der Waals surface area contributed by atoms with Crippen molar-refractivity contribution in [3.8, 4) is 0 Å². The van der Waals surface area contributed by atoms with E-state index < -0.39 is 42.8 Å². The van der Waals surface area contributed by atoms with Gasteiger partial charge in [0.25, 0.3) is 5.69 Å². The van der Waals surface area contributed by atoms with Crippen LogP contribution in [0.2, 0.25) is 30.7 Å². The van der Waals surface area contributed by atoms with Crippen molar-refractivity contribution in [3.05, 3.63) is 67.1 Å². The largest absolute Gasteiger partial charge is 0.469 e. The third kappa shape index (κ3) is 5.90. The average molecular weight is 614 g/mol. The second-order valence-corrected chi connectivity index (χ2v) is 17.1. The summed E-state index contributed by atoms with van der Waals surface area (Å²) < 4.78 is 11.4. The number of hydrogen-bond donors (Lipinski definition) is 1. The molecule has 9 nitrogen and oxygen atoms in total. The lowest BCUT2D eigenvalue weighted by Crippen LogP contribution is -2.48. The molecule has 2 atom stereocenters. The predicted molar refractivity (Wildman–Crippen MR) is 147 cm³/mol. The zero-order valence-electron chi connectivity index (χ0n) is 21.1. The molecule has 1 amide bonds. The van der Waals surface area contributed by atoms with Crippen LogP contribution < -0.4 is 4.90 Å².